The molecule has 3 aliphatic heterocycles. The van der Waals surface area contributed by atoms with Crippen molar-refractivity contribution in [3.63, 3.8) is 0 Å². The van der Waals surface area contributed by atoms with E-state index in [2.05, 4.69) is 0 Å². The van der Waals surface area contributed by atoms with E-state index in [1.54, 1.807) is 69.3 Å². The number of aromatic nitrogens is 2. The number of nitrogens with zero attached hydrogens (tertiary/aromatic N) is 4. The second-order valence-corrected chi connectivity index (χ2v) is 20.4. The minimum absolute atomic E-state index is 0.0952. The van der Waals surface area contributed by atoms with Crippen LogP contribution in [0.4, 0.5) is 27.2 Å². The van der Waals surface area contributed by atoms with Crippen molar-refractivity contribution in [3.05, 3.63) is 143 Å². The fourth-order valence-electron chi connectivity index (χ4n) is 9.24. The van der Waals surface area contributed by atoms with E-state index in [4.69, 9.17) is 23.7 Å². The Labute approximate surface area is 439 Å². The van der Waals surface area contributed by atoms with Crippen molar-refractivity contribution in [1.29, 1.82) is 0 Å². The average molecular weight is 1070 g/mol. The molecule has 0 radical (unpaired) electrons. The molecule has 77 heavy (non-hydrogen) atoms. The molecule has 2 atom stereocenters. The summed E-state index contributed by atoms with van der Waals surface area (Å²) in [6, 6.07) is 18.0. The van der Waals surface area contributed by atoms with Gasteiger partial charge in [-0.25, -0.2) is 46.3 Å². The van der Waals surface area contributed by atoms with Gasteiger partial charge in [0, 0.05) is 49.7 Å². The van der Waals surface area contributed by atoms with Crippen molar-refractivity contribution < 1.29 is 80.2 Å². The molecule has 4 aromatic carbocycles. The molecule has 0 bridgehead atoms. The van der Waals surface area contributed by atoms with Crippen molar-refractivity contribution in [2.45, 2.75) is 90.5 Å². The lowest BCUT2D eigenvalue weighted by atomic mass is 10.0. The lowest BCUT2D eigenvalue weighted by Gasteiger charge is -2.35. The van der Waals surface area contributed by atoms with Gasteiger partial charge in [0.2, 0.25) is 0 Å². The van der Waals surface area contributed by atoms with E-state index >= 15 is 0 Å². The van der Waals surface area contributed by atoms with Crippen LogP contribution in [0.1, 0.15) is 121 Å². The zero-order valence-corrected chi connectivity index (χ0v) is 42.7. The van der Waals surface area contributed by atoms with Crippen LogP contribution in [0.25, 0.3) is 22.3 Å². The van der Waals surface area contributed by atoms with Crippen molar-refractivity contribution in [1.82, 2.24) is 18.9 Å². The number of piperidine rings is 2. The Morgan fingerprint density at radius 1 is 0.571 bits per heavy atom. The first-order valence-corrected chi connectivity index (χ1v) is 24.5. The molecule has 2 fully saturated rings. The van der Waals surface area contributed by atoms with Gasteiger partial charge >= 0.3 is 36.1 Å². The van der Waals surface area contributed by atoms with Gasteiger partial charge in [0.25, 0.3) is 0 Å². The molecule has 9 rings (SSSR count). The summed E-state index contributed by atoms with van der Waals surface area (Å²) in [5.41, 5.74) is -0.368. The zero-order valence-electron chi connectivity index (χ0n) is 42.7. The Morgan fingerprint density at radius 2 is 0.987 bits per heavy atom. The Balaban J connectivity index is 0.000000204. The molecular formula is C56H54F4N4O13. The molecule has 0 saturated carbocycles. The van der Waals surface area contributed by atoms with Crippen molar-refractivity contribution in [3.8, 4) is 45.3 Å². The topological polar surface area (TPSA) is 205 Å². The van der Waals surface area contributed by atoms with Crippen molar-refractivity contribution in [2.24, 2.45) is 0 Å². The highest BCUT2D eigenvalue weighted by atomic mass is 19.1. The number of carbonyl (C=O) groups is 6. The maximum Gasteiger partial charge on any atom is 0.410 e. The number of para-hydroxylation sites is 2. The fourth-order valence-corrected chi connectivity index (χ4v) is 9.24. The van der Waals surface area contributed by atoms with Gasteiger partial charge in [-0.3, -0.25) is 0 Å². The minimum Gasteiger partial charge on any atom is -0.478 e. The highest BCUT2D eigenvalue weighted by molar-refractivity contribution is 6.17. The normalized spacial score (nSPS) is 16.4. The fraction of sp³-hybridized carbons (Fsp3) is 0.321. The lowest BCUT2D eigenvalue weighted by molar-refractivity contribution is 0.0161. The molecule has 17 nitrogen and oxygen atoms in total. The molecule has 2 saturated heterocycles. The largest absolute Gasteiger partial charge is 0.478 e. The Morgan fingerprint density at radius 3 is 1.40 bits per heavy atom. The van der Waals surface area contributed by atoms with E-state index in [9.17, 15) is 56.5 Å². The van der Waals surface area contributed by atoms with Crippen LogP contribution in [0.2, 0.25) is 0 Å². The van der Waals surface area contributed by atoms with Crippen LogP contribution in [-0.4, -0.2) is 103 Å². The Kier molecular flexibility index (Phi) is 15.6. The molecule has 2 N–H and O–H groups in total. The quantitative estimate of drug-likeness (QED) is 0.0568. The first-order valence-electron chi connectivity index (χ1n) is 24.5. The molecular weight excluding hydrogens is 1010 g/mol. The summed E-state index contributed by atoms with van der Waals surface area (Å²) >= 11 is 0. The third-order valence-corrected chi connectivity index (χ3v) is 12.6. The summed E-state index contributed by atoms with van der Waals surface area (Å²) in [5.74, 6) is -8.63. The molecule has 21 heteroatoms. The summed E-state index contributed by atoms with van der Waals surface area (Å²) < 4.78 is 85.5. The third kappa shape index (κ3) is 12.2. The van der Waals surface area contributed by atoms with Gasteiger partial charge in [0.15, 0.2) is 34.8 Å². The van der Waals surface area contributed by atoms with Crippen LogP contribution in [0, 0.1) is 23.3 Å². The number of rotatable bonds is 10. The number of carboxylic acids is 2. The second kappa shape index (κ2) is 21.9. The van der Waals surface area contributed by atoms with Gasteiger partial charge in [-0.15, -0.1) is 0 Å². The maximum absolute atomic E-state index is 14.0. The number of benzene rings is 4. The molecule has 6 aromatic rings. The molecule has 3 aliphatic rings. The molecule has 0 spiro atoms. The predicted molar refractivity (Wildman–Crippen MR) is 268 cm³/mol. The average Bonchev–Trinajstić information content (AvgIpc) is 4.12. The monoisotopic (exact) mass is 1070 g/mol. The van der Waals surface area contributed by atoms with Crippen LogP contribution < -0.4 is 9.47 Å². The third-order valence-electron chi connectivity index (χ3n) is 12.6. The van der Waals surface area contributed by atoms with Gasteiger partial charge in [-0.05, 0) is 127 Å². The molecule has 2 aromatic heterocycles. The van der Waals surface area contributed by atoms with Crippen LogP contribution >= 0.6 is 0 Å². The molecule has 0 unspecified atom stereocenters. The number of ether oxygens (including phenoxy) is 5. The number of amides is 2. The highest BCUT2D eigenvalue weighted by Gasteiger charge is 2.41. The Hall–Kier alpha value is -8.62. The smallest absolute Gasteiger partial charge is 0.410 e. The summed E-state index contributed by atoms with van der Waals surface area (Å²) in [4.78, 5) is 78.2. The SMILES string of the molecule is CC(C)(C)OC(=O)N1CCC[C@@H](n2cc(-c3ccc(Oc4c(F)cccc4F)cc3)c(C(=O)O)c2C(=O)O)C1.CC(C)(C)OC(=O)N1CCC[C@@H](n2cc(-c3ccc(Oc4c(F)cccc4F)cc3)c3c2C(=O)OC3=O)C1. The molecule has 2 amide bonds. The Bertz CT molecular complexity index is 3230. The van der Waals surface area contributed by atoms with Gasteiger partial charge in [-0.1, -0.05) is 36.4 Å². The summed E-state index contributed by atoms with van der Waals surface area (Å²) in [6.45, 7) is 12.0. The van der Waals surface area contributed by atoms with Crippen LogP contribution in [-0.2, 0) is 14.2 Å². The van der Waals surface area contributed by atoms with Gasteiger partial charge in [0.05, 0.1) is 17.6 Å². The maximum atomic E-state index is 14.0. The van der Waals surface area contributed by atoms with Gasteiger partial charge in [0.1, 0.15) is 39.7 Å². The number of esters is 2. The van der Waals surface area contributed by atoms with E-state index in [1.165, 1.54) is 64.2 Å². The van der Waals surface area contributed by atoms with E-state index in [0.29, 0.717) is 62.0 Å². The summed E-state index contributed by atoms with van der Waals surface area (Å²) in [6.07, 6.45) is 4.64. The lowest BCUT2D eigenvalue weighted by Crippen LogP contribution is -2.43. The summed E-state index contributed by atoms with van der Waals surface area (Å²) in [5, 5.41) is 20.0. The van der Waals surface area contributed by atoms with E-state index < -0.39 is 99.3 Å². The molecule has 404 valence electrons. The van der Waals surface area contributed by atoms with Crippen molar-refractivity contribution in [2.75, 3.05) is 26.2 Å². The molecule has 5 heterocycles. The number of halogens is 4. The highest BCUT2D eigenvalue weighted by Crippen LogP contribution is 2.40. The summed E-state index contributed by atoms with van der Waals surface area (Å²) in [7, 11) is 0. The van der Waals surface area contributed by atoms with Gasteiger partial charge < -0.3 is 52.8 Å². The number of carboxylic acid groups (broad SMARTS) is 2. The minimum atomic E-state index is -1.44. The number of fused-ring (bicyclic) bond motifs is 1. The number of cyclic esters (lactones) is 2. The standard InChI is InChI=1S/C28H28F2N2O7.C28H26F2N2O6/c1-28(2,3)39-27(37)31-13-5-6-17(14-31)32-15-19(22(25(33)34)23(32)26(35)36)16-9-11-18(12-10-16)38-24-20(29)7-4-8-21(24)30;1-28(2,3)38-27(35)31-13-5-6-17(14-31)32-15-19(22-23(32)26(34)37-25(22)33)16-9-11-18(12-10-16)36-24-20(29)7-4-8-21(24)30/h4,7-12,15,17H,5-6,13-14H2,1-3H3,(H,33,34)(H,35,36);4,7-12,15,17H,5-6,13-14H2,1-3H3/t2*17-/m11/s1. The number of hydrogen-bond donors (Lipinski definition) is 2. The number of carbonyl (C=O) groups excluding carboxylic acids is 4. The number of hydrogen-bond acceptors (Lipinski definition) is 11. The first kappa shape index (κ1) is 54.6. The zero-order chi connectivity index (χ0) is 55.7. The van der Waals surface area contributed by atoms with Crippen molar-refractivity contribution >= 4 is 36.1 Å². The number of aromatic carboxylic acids is 2. The van der Waals surface area contributed by atoms with Crippen LogP contribution in [0.15, 0.2) is 97.3 Å². The van der Waals surface area contributed by atoms with Crippen LogP contribution in [0.5, 0.6) is 23.0 Å². The van der Waals surface area contributed by atoms with Crippen LogP contribution in [0.3, 0.4) is 0 Å². The van der Waals surface area contributed by atoms with E-state index in [0.717, 1.165) is 24.3 Å². The van der Waals surface area contributed by atoms with E-state index in [1.807, 2.05) is 0 Å². The van der Waals surface area contributed by atoms with Gasteiger partial charge in [-0.2, -0.15) is 0 Å². The predicted octanol–water partition coefficient (Wildman–Crippen LogP) is 12.3. The number of likely N-dealkylation sites (tertiary alicyclic amines) is 2. The first-order chi connectivity index (χ1) is 36.4. The second-order valence-electron chi connectivity index (χ2n) is 20.4. The van der Waals surface area contributed by atoms with E-state index in [-0.39, 0.29) is 40.9 Å². The molecule has 0 aliphatic carbocycles.